The minimum Gasteiger partial charge on any atom is -0.303 e. The van der Waals surface area contributed by atoms with Crippen LogP contribution in [0.4, 0.5) is 0 Å². The van der Waals surface area contributed by atoms with E-state index in [0.29, 0.717) is 0 Å². The summed E-state index contributed by atoms with van der Waals surface area (Å²) >= 11 is 2.47. The highest BCUT2D eigenvalue weighted by atomic mass is 127. The lowest BCUT2D eigenvalue weighted by atomic mass is 9.90. The van der Waals surface area contributed by atoms with Crippen molar-refractivity contribution >= 4 is 22.6 Å². The van der Waals surface area contributed by atoms with Gasteiger partial charge in [-0.3, -0.25) is 0 Å². The average Bonchev–Trinajstić information content (AvgIpc) is 2.33. The predicted molar refractivity (Wildman–Crippen MR) is 78.2 cm³/mol. The van der Waals surface area contributed by atoms with E-state index >= 15 is 0 Å². The Labute approximate surface area is 112 Å². The van der Waals surface area contributed by atoms with Crippen LogP contribution in [-0.4, -0.2) is 29.0 Å². The fourth-order valence-electron chi connectivity index (χ4n) is 2.48. The van der Waals surface area contributed by atoms with Gasteiger partial charge in [0.15, 0.2) is 0 Å². The lowest BCUT2D eigenvalue weighted by molar-refractivity contribution is 0.194. The van der Waals surface area contributed by atoms with Gasteiger partial charge in [0.1, 0.15) is 0 Å². The maximum absolute atomic E-state index is 2.61. The van der Waals surface area contributed by atoms with Gasteiger partial charge < -0.3 is 4.90 Å². The van der Waals surface area contributed by atoms with Crippen molar-refractivity contribution in [3.05, 3.63) is 35.9 Å². The van der Waals surface area contributed by atoms with Crippen LogP contribution in [0.2, 0.25) is 0 Å². The molecule has 2 rings (SSSR count). The van der Waals surface area contributed by atoms with E-state index in [1.165, 1.54) is 48.9 Å². The first-order valence-electron chi connectivity index (χ1n) is 6.20. The number of benzene rings is 1. The van der Waals surface area contributed by atoms with Crippen LogP contribution >= 0.6 is 22.6 Å². The molecule has 88 valence electrons. The lowest BCUT2D eigenvalue weighted by Gasteiger charge is -2.31. The average molecular weight is 329 g/mol. The van der Waals surface area contributed by atoms with Crippen molar-refractivity contribution in [2.75, 3.05) is 24.1 Å². The number of likely N-dealkylation sites (tertiary alicyclic amines) is 1. The smallest absolute Gasteiger partial charge is 0.0123 e. The third-order valence-corrected chi connectivity index (χ3v) is 3.96. The Hall–Kier alpha value is -0.0900. The fraction of sp³-hybridized carbons (Fsp3) is 0.571. The summed E-state index contributed by atoms with van der Waals surface area (Å²) in [6.45, 7) is 3.89. The predicted octanol–water partition coefficient (Wildman–Crippen LogP) is 3.38. The molecule has 0 amide bonds. The summed E-state index contributed by atoms with van der Waals surface area (Å²) in [7, 11) is 0. The van der Waals surface area contributed by atoms with Crippen molar-refractivity contribution < 1.29 is 0 Å². The number of hydrogen-bond donors (Lipinski definition) is 0. The molecule has 1 heterocycles. The molecule has 0 radical (unpaired) electrons. The van der Waals surface area contributed by atoms with Crippen molar-refractivity contribution in [2.24, 2.45) is 5.92 Å². The molecule has 0 aliphatic carbocycles. The van der Waals surface area contributed by atoms with Crippen molar-refractivity contribution in [3.8, 4) is 0 Å². The van der Waals surface area contributed by atoms with Gasteiger partial charge in [-0.15, -0.1) is 0 Å². The third kappa shape index (κ3) is 3.74. The summed E-state index contributed by atoms with van der Waals surface area (Å²) in [6.07, 6.45) is 4.04. The zero-order valence-electron chi connectivity index (χ0n) is 9.74. The molecular weight excluding hydrogens is 309 g/mol. The Morgan fingerprint density at radius 2 is 1.81 bits per heavy atom. The van der Waals surface area contributed by atoms with Crippen LogP contribution in [0.1, 0.15) is 18.4 Å². The van der Waals surface area contributed by atoms with Crippen molar-refractivity contribution in [2.45, 2.75) is 19.3 Å². The van der Waals surface area contributed by atoms with Crippen LogP contribution in [0.3, 0.4) is 0 Å². The minimum atomic E-state index is 0.910. The molecular formula is C14H20IN. The van der Waals surface area contributed by atoms with Gasteiger partial charge >= 0.3 is 0 Å². The number of halogens is 1. The first-order valence-corrected chi connectivity index (χ1v) is 7.73. The number of hydrogen-bond acceptors (Lipinski definition) is 1. The first-order chi connectivity index (χ1) is 7.88. The molecule has 1 aromatic carbocycles. The molecule has 0 atom stereocenters. The van der Waals surface area contributed by atoms with Crippen LogP contribution in [0.5, 0.6) is 0 Å². The van der Waals surface area contributed by atoms with Crippen molar-refractivity contribution in [3.63, 3.8) is 0 Å². The lowest BCUT2D eigenvalue weighted by Crippen LogP contribution is -2.35. The maximum Gasteiger partial charge on any atom is 0.0123 e. The van der Waals surface area contributed by atoms with Crippen LogP contribution in [0.15, 0.2) is 30.3 Å². The molecule has 0 unspecified atom stereocenters. The summed E-state index contributed by atoms with van der Waals surface area (Å²) in [6, 6.07) is 10.9. The molecule has 1 aromatic rings. The zero-order chi connectivity index (χ0) is 11.2. The van der Waals surface area contributed by atoms with Gasteiger partial charge in [0.2, 0.25) is 0 Å². The van der Waals surface area contributed by atoms with E-state index < -0.39 is 0 Å². The van der Waals surface area contributed by atoms with Gasteiger partial charge in [0.25, 0.3) is 0 Å². The van der Waals surface area contributed by atoms with E-state index in [0.717, 1.165) is 5.92 Å². The monoisotopic (exact) mass is 329 g/mol. The Balaban J connectivity index is 1.77. The van der Waals surface area contributed by atoms with Crippen LogP contribution < -0.4 is 0 Å². The number of alkyl halides is 1. The number of rotatable bonds is 4. The minimum absolute atomic E-state index is 0.910. The SMILES string of the molecule is ICCN1CCC(Cc2ccccc2)CC1. The van der Waals surface area contributed by atoms with E-state index in [9.17, 15) is 0 Å². The molecule has 16 heavy (non-hydrogen) atoms. The topological polar surface area (TPSA) is 3.24 Å². The van der Waals surface area contributed by atoms with Gasteiger partial charge in [-0.25, -0.2) is 0 Å². The summed E-state index contributed by atoms with van der Waals surface area (Å²) in [4.78, 5) is 2.61. The van der Waals surface area contributed by atoms with Crippen molar-refractivity contribution in [1.82, 2.24) is 4.90 Å². The summed E-state index contributed by atoms with van der Waals surface area (Å²) < 4.78 is 1.26. The van der Waals surface area contributed by atoms with E-state index in [1.54, 1.807) is 0 Å². The first kappa shape index (κ1) is 12.4. The molecule has 0 spiro atoms. The molecule has 1 aliphatic heterocycles. The molecule has 1 saturated heterocycles. The van der Waals surface area contributed by atoms with Gasteiger partial charge in [0, 0.05) is 11.0 Å². The van der Waals surface area contributed by atoms with E-state index in [2.05, 4.69) is 57.8 Å². The summed E-state index contributed by atoms with van der Waals surface area (Å²) in [5.41, 5.74) is 1.51. The van der Waals surface area contributed by atoms with Gasteiger partial charge in [-0.05, 0) is 43.8 Å². The van der Waals surface area contributed by atoms with Crippen LogP contribution in [0, 0.1) is 5.92 Å². The normalized spacial score (nSPS) is 18.8. The molecule has 0 saturated carbocycles. The quantitative estimate of drug-likeness (QED) is 0.605. The van der Waals surface area contributed by atoms with Crippen LogP contribution in [-0.2, 0) is 6.42 Å². The fourth-order valence-corrected chi connectivity index (χ4v) is 3.16. The summed E-state index contributed by atoms with van der Waals surface area (Å²) in [5.74, 6) is 0.910. The van der Waals surface area contributed by atoms with E-state index in [1.807, 2.05) is 0 Å². The molecule has 0 N–H and O–H groups in total. The van der Waals surface area contributed by atoms with E-state index in [4.69, 9.17) is 0 Å². The molecule has 0 bridgehead atoms. The molecule has 0 aromatic heterocycles. The third-order valence-electron chi connectivity index (χ3n) is 3.48. The highest BCUT2D eigenvalue weighted by molar-refractivity contribution is 14.1. The van der Waals surface area contributed by atoms with Crippen molar-refractivity contribution in [1.29, 1.82) is 0 Å². The Morgan fingerprint density at radius 1 is 1.12 bits per heavy atom. The highest BCUT2D eigenvalue weighted by Crippen LogP contribution is 2.21. The highest BCUT2D eigenvalue weighted by Gasteiger charge is 2.18. The Kier molecular flexibility index (Phi) is 5.10. The Morgan fingerprint density at radius 3 is 2.44 bits per heavy atom. The standard InChI is InChI=1S/C14H20IN/c15-8-11-16-9-6-14(7-10-16)12-13-4-2-1-3-5-13/h1-5,14H,6-12H2. The molecule has 1 nitrogen and oxygen atoms in total. The maximum atomic E-state index is 2.61. The van der Waals surface area contributed by atoms with Gasteiger partial charge in [-0.1, -0.05) is 52.9 Å². The second-order valence-electron chi connectivity index (χ2n) is 4.66. The number of nitrogens with zero attached hydrogens (tertiary/aromatic N) is 1. The second-order valence-corrected chi connectivity index (χ2v) is 5.74. The van der Waals surface area contributed by atoms with Gasteiger partial charge in [-0.2, -0.15) is 0 Å². The largest absolute Gasteiger partial charge is 0.303 e. The number of piperidine rings is 1. The molecule has 1 aliphatic rings. The molecule has 2 heteroatoms. The van der Waals surface area contributed by atoms with E-state index in [-0.39, 0.29) is 0 Å². The van der Waals surface area contributed by atoms with Crippen LogP contribution in [0.25, 0.3) is 0 Å². The zero-order valence-corrected chi connectivity index (χ0v) is 11.9. The molecule has 1 fully saturated rings. The summed E-state index contributed by atoms with van der Waals surface area (Å²) in [5, 5.41) is 0. The van der Waals surface area contributed by atoms with Gasteiger partial charge in [0.05, 0.1) is 0 Å². The Bertz CT molecular complexity index is 291. The second kappa shape index (κ2) is 6.60.